The molecule has 0 aliphatic carbocycles. The number of aromatic carboxylic acids is 1. The van der Waals surface area contributed by atoms with E-state index in [0.29, 0.717) is 17.8 Å². The van der Waals surface area contributed by atoms with Crippen molar-refractivity contribution in [1.82, 2.24) is 0 Å². The van der Waals surface area contributed by atoms with E-state index in [0.717, 1.165) is 24.3 Å². The van der Waals surface area contributed by atoms with Gasteiger partial charge in [0.15, 0.2) is 11.5 Å². The minimum absolute atomic E-state index is 0.0386. The van der Waals surface area contributed by atoms with Crippen LogP contribution in [0.1, 0.15) is 21.5 Å². The number of methoxy groups -OCH3 is 1. The molecule has 0 saturated heterocycles. The number of carboxylic acids is 1. The molecule has 0 aliphatic rings. The molecular weight excluding hydrogens is 468 g/mol. The van der Waals surface area contributed by atoms with E-state index in [9.17, 15) is 31.1 Å². The van der Waals surface area contributed by atoms with Crippen LogP contribution < -0.4 is 14.8 Å². The molecule has 0 spiro atoms. The zero-order valence-electron chi connectivity index (χ0n) is 17.4. The maximum Gasteiger partial charge on any atom is 0.458 e. The molecule has 3 aromatic carbocycles. The smallest absolute Gasteiger partial charge is 0.458 e. The number of carbonyl (C=O) groups is 1. The van der Waals surface area contributed by atoms with Crippen molar-refractivity contribution in [3.05, 3.63) is 83.2 Å². The third-order valence-corrected chi connectivity index (χ3v) is 4.75. The molecule has 0 aliphatic heterocycles. The highest BCUT2D eigenvalue weighted by molar-refractivity contribution is 5.88. The van der Waals surface area contributed by atoms with Crippen molar-refractivity contribution in [3.8, 4) is 17.2 Å². The number of hydrogen-bond acceptors (Lipinski definition) is 4. The standard InChI is InChI=1S/C23H17F6NO4/c1-33-20-11-16(24)6-9-18(20)34-19-10-15(22(25,26)23(27,28)29)5-2-14(19)12-30-17-7-3-13(4-8-17)21(31)32/h2-11,30H,12H2,1H3,(H,31,32). The van der Waals surface area contributed by atoms with E-state index in [-0.39, 0.29) is 34.9 Å². The predicted octanol–water partition coefficient (Wildman–Crippen LogP) is 6.59. The Bertz CT molecular complexity index is 1180. The van der Waals surface area contributed by atoms with Gasteiger partial charge >= 0.3 is 18.1 Å². The summed E-state index contributed by atoms with van der Waals surface area (Å²) in [5.41, 5.74) is -0.655. The minimum atomic E-state index is -5.83. The van der Waals surface area contributed by atoms with Crippen LogP contribution in [0.5, 0.6) is 17.2 Å². The monoisotopic (exact) mass is 485 g/mol. The first-order chi connectivity index (χ1) is 15.9. The minimum Gasteiger partial charge on any atom is -0.493 e. The summed E-state index contributed by atoms with van der Waals surface area (Å²) in [5.74, 6) is -7.50. The highest BCUT2D eigenvalue weighted by Gasteiger charge is 2.58. The lowest BCUT2D eigenvalue weighted by molar-refractivity contribution is -0.289. The quantitative estimate of drug-likeness (QED) is 0.353. The SMILES string of the molecule is COc1cc(F)ccc1Oc1cc(C(F)(F)C(F)(F)F)ccc1CNc1ccc(C(=O)O)cc1. The fraction of sp³-hybridized carbons (Fsp3) is 0.174. The second-order valence-electron chi connectivity index (χ2n) is 7.03. The lowest BCUT2D eigenvalue weighted by atomic mass is 10.0. The first-order valence-electron chi connectivity index (χ1n) is 9.59. The third kappa shape index (κ3) is 5.36. The summed E-state index contributed by atoms with van der Waals surface area (Å²) in [5, 5.41) is 11.9. The Morgan fingerprint density at radius 2 is 1.59 bits per heavy atom. The van der Waals surface area contributed by atoms with Crippen LogP contribution in [0.25, 0.3) is 0 Å². The summed E-state index contributed by atoms with van der Waals surface area (Å²) >= 11 is 0. The normalized spacial score (nSPS) is 11.7. The molecule has 0 amide bonds. The lowest BCUT2D eigenvalue weighted by Crippen LogP contribution is -2.33. The van der Waals surface area contributed by atoms with E-state index in [1.54, 1.807) is 0 Å². The van der Waals surface area contributed by atoms with E-state index >= 15 is 0 Å². The molecular formula is C23H17F6NO4. The Morgan fingerprint density at radius 3 is 2.18 bits per heavy atom. The molecule has 0 aromatic heterocycles. The maximum absolute atomic E-state index is 13.9. The van der Waals surface area contributed by atoms with Crippen molar-refractivity contribution < 1.29 is 45.7 Å². The number of alkyl halides is 5. The molecule has 5 nitrogen and oxygen atoms in total. The van der Waals surface area contributed by atoms with Gasteiger partial charge in [0.2, 0.25) is 0 Å². The molecule has 3 aromatic rings. The van der Waals surface area contributed by atoms with Gasteiger partial charge in [0.25, 0.3) is 0 Å². The van der Waals surface area contributed by atoms with Gasteiger partial charge < -0.3 is 19.9 Å². The number of carboxylic acid groups (broad SMARTS) is 1. The van der Waals surface area contributed by atoms with Crippen molar-refractivity contribution in [3.63, 3.8) is 0 Å². The Hall–Kier alpha value is -3.89. The van der Waals surface area contributed by atoms with Crippen molar-refractivity contribution >= 4 is 11.7 Å². The summed E-state index contributed by atoms with van der Waals surface area (Å²) in [6.07, 6.45) is -5.83. The van der Waals surface area contributed by atoms with Gasteiger partial charge in [-0.2, -0.15) is 22.0 Å². The Morgan fingerprint density at radius 1 is 0.912 bits per heavy atom. The van der Waals surface area contributed by atoms with Crippen LogP contribution in [-0.4, -0.2) is 24.4 Å². The summed E-state index contributed by atoms with van der Waals surface area (Å²) < 4.78 is 90.6. The molecule has 0 heterocycles. The number of benzene rings is 3. The van der Waals surface area contributed by atoms with Crippen LogP contribution in [0.15, 0.2) is 60.7 Å². The van der Waals surface area contributed by atoms with Gasteiger partial charge in [0.1, 0.15) is 11.6 Å². The Balaban J connectivity index is 1.97. The molecule has 3 rings (SSSR count). The number of anilines is 1. The largest absolute Gasteiger partial charge is 0.493 e. The summed E-state index contributed by atoms with van der Waals surface area (Å²) in [4.78, 5) is 11.0. The van der Waals surface area contributed by atoms with Crippen LogP contribution >= 0.6 is 0 Å². The van der Waals surface area contributed by atoms with Gasteiger partial charge in [-0.25, -0.2) is 9.18 Å². The van der Waals surface area contributed by atoms with Gasteiger partial charge in [-0.05, 0) is 42.5 Å². The van der Waals surface area contributed by atoms with Crippen LogP contribution in [0.2, 0.25) is 0 Å². The second kappa shape index (κ2) is 9.54. The molecule has 11 heteroatoms. The average molecular weight is 485 g/mol. The van der Waals surface area contributed by atoms with Gasteiger partial charge in [-0.15, -0.1) is 0 Å². The molecule has 0 saturated carbocycles. The zero-order valence-corrected chi connectivity index (χ0v) is 17.4. The molecule has 0 fully saturated rings. The molecule has 34 heavy (non-hydrogen) atoms. The summed E-state index contributed by atoms with van der Waals surface area (Å²) in [6, 6.07) is 10.9. The van der Waals surface area contributed by atoms with E-state index < -0.39 is 29.4 Å². The molecule has 0 unspecified atom stereocenters. The molecule has 2 N–H and O–H groups in total. The first-order valence-corrected chi connectivity index (χ1v) is 9.59. The van der Waals surface area contributed by atoms with E-state index in [1.165, 1.54) is 31.4 Å². The van der Waals surface area contributed by atoms with E-state index in [1.807, 2.05) is 0 Å². The zero-order chi connectivity index (χ0) is 25.1. The van der Waals surface area contributed by atoms with E-state index in [4.69, 9.17) is 14.6 Å². The maximum atomic E-state index is 13.9. The molecule has 0 radical (unpaired) electrons. The Labute approximate surface area is 189 Å². The van der Waals surface area contributed by atoms with Crippen LogP contribution in [0, 0.1) is 5.82 Å². The fourth-order valence-electron chi connectivity index (χ4n) is 2.93. The number of halogens is 6. The van der Waals surface area contributed by atoms with Crippen molar-refractivity contribution in [1.29, 1.82) is 0 Å². The Kier molecular flexibility index (Phi) is 6.94. The van der Waals surface area contributed by atoms with Crippen LogP contribution in [-0.2, 0) is 12.5 Å². The third-order valence-electron chi connectivity index (χ3n) is 4.75. The van der Waals surface area contributed by atoms with Crippen molar-refractivity contribution in [2.24, 2.45) is 0 Å². The molecule has 180 valence electrons. The van der Waals surface area contributed by atoms with Crippen LogP contribution in [0.3, 0.4) is 0 Å². The fourth-order valence-corrected chi connectivity index (χ4v) is 2.93. The average Bonchev–Trinajstić information content (AvgIpc) is 2.78. The molecule has 0 bridgehead atoms. The van der Waals surface area contributed by atoms with Gasteiger partial charge in [0, 0.05) is 29.4 Å². The number of rotatable bonds is 8. The summed E-state index contributed by atoms with van der Waals surface area (Å²) in [6.45, 7) is -0.0802. The second-order valence-corrected chi connectivity index (χ2v) is 7.03. The highest BCUT2D eigenvalue weighted by Crippen LogP contribution is 2.45. The predicted molar refractivity (Wildman–Crippen MR) is 110 cm³/mol. The highest BCUT2D eigenvalue weighted by atomic mass is 19.4. The lowest BCUT2D eigenvalue weighted by Gasteiger charge is -2.22. The van der Waals surface area contributed by atoms with Gasteiger partial charge in [-0.3, -0.25) is 0 Å². The molecule has 0 atom stereocenters. The number of ether oxygens (including phenoxy) is 2. The number of nitrogens with one attached hydrogen (secondary N) is 1. The topological polar surface area (TPSA) is 67.8 Å². The van der Waals surface area contributed by atoms with Crippen LogP contribution in [0.4, 0.5) is 32.0 Å². The van der Waals surface area contributed by atoms with E-state index in [2.05, 4.69) is 5.32 Å². The van der Waals surface area contributed by atoms with Gasteiger partial charge in [0.05, 0.1) is 12.7 Å². The number of hydrogen-bond donors (Lipinski definition) is 2. The van der Waals surface area contributed by atoms with Gasteiger partial charge in [-0.1, -0.05) is 12.1 Å². The van der Waals surface area contributed by atoms with Crippen molar-refractivity contribution in [2.75, 3.05) is 12.4 Å². The summed E-state index contributed by atoms with van der Waals surface area (Å²) in [7, 11) is 1.21. The van der Waals surface area contributed by atoms with Crippen molar-refractivity contribution in [2.45, 2.75) is 18.6 Å². The first kappa shape index (κ1) is 24.7.